The van der Waals surface area contributed by atoms with Gasteiger partial charge in [-0.3, -0.25) is 4.79 Å². The molecule has 2 nitrogen and oxygen atoms in total. The number of hydrogen-bond donors (Lipinski definition) is 1. The van der Waals surface area contributed by atoms with Crippen LogP contribution in [0.1, 0.15) is 48.3 Å². The van der Waals surface area contributed by atoms with Gasteiger partial charge in [-0.25, -0.2) is 0 Å². The van der Waals surface area contributed by atoms with Crippen LogP contribution in [0.4, 0.5) is 0 Å². The van der Waals surface area contributed by atoms with Crippen molar-refractivity contribution in [3.63, 3.8) is 0 Å². The Labute approximate surface area is 113 Å². The Kier molecular flexibility index (Phi) is 3.18. The molecule has 1 N–H and O–H groups in total. The van der Waals surface area contributed by atoms with Gasteiger partial charge in [-0.1, -0.05) is 13.3 Å². The molecule has 1 amide bonds. The number of nitrogens with one attached hydrogen (secondary N) is 1. The van der Waals surface area contributed by atoms with E-state index >= 15 is 0 Å². The van der Waals surface area contributed by atoms with E-state index in [9.17, 15) is 4.79 Å². The third kappa shape index (κ3) is 2.33. The lowest BCUT2D eigenvalue weighted by Crippen LogP contribution is -2.37. The van der Waals surface area contributed by atoms with Gasteiger partial charge >= 0.3 is 0 Å². The molecule has 2 aliphatic carbocycles. The number of carbonyl (C=O) groups excluding carboxylic acids is 1. The van der Waals surface area contributed by atoms with Gasteiger partial charge in [-0.15, -0.1) is 11.3 Å². The van der Waals surface area contributed by atoms with Gasteiger partial charge in [0.05, 0.1) is 0 Å². The molecule has 0 spiro atoms. The molecule has 0 aliphatic heterocycles. The highest BCUT2D eigenvalue weighted by Crippen LogP contribution is 2.49. The number of rotatable bonds is 3. The molecule has 0 bridgehead atoms. The summed E-state index contributed by atoms with van der Waals surface area (Å²) in [4.78, 5) is 14.9. The maximum Gasteiger partial charge on any atom is 0.224 e. The van der Waals surface area contributed by atoms with Crippen molar-refractivity contribution in [2.75, 3.05) is 0 Å². The van der Waals surface area contributed by atoms with E-state index in [0.717, 1.165) is 6.42 Å². The van der Waals surface area contributed by atoms with Crippen LogP contribution in [0, 0.1) is 18.8 Å². The molecule has 3 heteroatoms. The summed E-state index contributed by atoms with van der Waals surface area (Å²) < 4.78 is 0. The fraction of sp³-hybridized carbons (Fsp3) is 0.667. The van der Waals surface area contributed by atoms with Gasteiger partial charge in [0, 0.05) is 27.6 Å². The lowest BCUT2D eigenvalue weighted by atomic mass is 10.1. The lowest BCUT2D eigenvalue weighted by Gasteiger charge is -2.17. The van der Waals surface area contributed by atoms with Gasteiger partial charge in [0.1, 0.15) is 0 Å². The first-order valence-electron chi connectivity index (χ1n) is 7.02. The van der Waals surface area contributed by atoms with Gasteiger partial charge in [0.15, 0.2) is 0 Å². The van der Waals surface area contributed by atoms with Gasteiger partial charge in [0.2, 0.25) is 5.91 Å². The van der Waals surface area contributed by atoms with Crippen LogP contribution in [0.3, 0.4) is 0 Å². The maximum atomic E-state index is 12.2. The van der Waals surface area contributed by atoms with E-state index < -0.39 is 0 Å². The van der Waals surface area contributed by atoms with Crippen LogP contribution in [0.25, 0.3) is 0 Å². The smallest absolute Gasteiger partial charge is 0.224 e. The number of amides is 1. The van der Waals surface area contributed by atoms with Crippen LogP contribution in [-0.2, 0) is 4.79 Å². The van der Waals surface area contributed by atoms with Crippen LogP contribution < -0.4 is 5.32 Å². The minimum absolute atomic E-state index is 0.246. The first-order valence-corrected chi connectivity index (χ1v) is 7.83. The quantitative estimate of drug-likeness (QED) is 0.889. The van der Waals surface area contributed by atoms with E-state index in [2.05, 4.69) is 31.3 Å². The summed E-state index contributed by atoms with van der Waals surface area (Å²) in [5, 5.41) is 3.26. The molecule has 0 saturated heterocycles. The Morgan fingerprint density at radius 3 is 2.83 bits per heavy atom. The average molecular weight is 263 g/mol. The normalized spacial score (nSPS) is 34.6. The SMILES string of the molecule is Cc1ccc([C@@H]2C[C@@H]2C(=O)N[C@@H]2CCC[C@@H]2C)s1. The maximum absolute atomic E-state index is 12.2. The fourth-order valence-corrected chi connectivity index (χ4v) is 4.16. The van der Waals surface area contributed by atoms with Gasteiger partial charge in [-0.2, -0.15) is 0 Å². The van der Waals surface area contributed by atoms with Crippen molar-refractivity contribution in [3.8, 4) is 0 Å². The van der Waals surface area contributed by atoms with Crippen molar-refractivity contribution >= 4 is 17.2 Å². The molecule has 3 rings (SSSR count). The van der Waals surface area contributed by atoms with E-state index in [-0.39, 0.29) is 5.92 Å². The summed E-state index contributed by atoms with van der Waals surface area (Å²) in [6, 6.07) is 4.78. The Hall–Kier alpha value is -0.830. The third-order valence-electron chi connectivity index (χ3n) is 4.44. The molecule has 1 aromatic rings. The Bertz CT molecular complexity index is 453. The largest absolute Gasteiger partial charge is 0.353 e. The zero-order chi connectivity index (χ0) is 12.7. The highest BCUT2D eigenvalue weighted by molar-refractivity contribution is 7.12. The highest BCUT2D eigenvalue weighted by atomic mass is 32.1. The molecule has 0 aromatic carbocycles. The summed E-state index contributed by atoms with van der Waals surface area (Å²) >= 11 is 1.84. The number of carbonyl (C=O) groups is 1. The van der Waals surface area contributed by atoms with E-state index in [4.69, 9.17) is 0 Å². The minimum Gasteiger partial charge on any atom is -0.353 e. The van der Waals surface area contributed by atoms with E-state index in [1.54, 1.807) is 0 Å². The molecular formula is C15H21NOS. The first kappa shape index (κ1) is 12.2. The fourth-order valence-electron chi connectivity index (χ4n) is 3.10. The van der Waals surface area contributed by atoms with Crippen molar-refractivity contribution < 1.29 is 4.79 Å². The van der Waals surface area contributed by atoms with Gasteiger partial charge in [0.25, 0.3) is 0 Å². The first-order chi connectivity index (χ1) is 8.65. The molecule has 2 fully saturated rings. The summed E-state index contributed by atoms with van der Waals surface area (Å²) in [7, 11) is 0. The zero-order valence-electron chi connectivity index (χ0n) is 11.1. The molecular weight excluding hydrogens is 242 g/mol. The molecule has 18 heavy (non-hydrogen) atoms. The zero-order valence-corrected chi connectivity index (χ0v) is 11.9. The predicted molar refractivity (Wildman–Crippen MR) is 74.8 cm³/mol. The second-order valence-corrected chi connectivity index (χ2v) is 7.24. The van der Waals surface area contributed by atoms with Crippen molar-refractivity contribution in [3.05, 3.63) is 21.9 Å². The van der Waals surface area contributed by atoms with Gasteiger partial charge in [-0.05, 0) is 44.2 Å². The molecule has 4 atom stereocenters. The van der Waals surface area contributed by atoms with Crippen LogP contribution >= 0.6 is 11.3 Å². The van der Waals surface area contributed by atoms with Crippen molar-refractivity contribution in [1.82, 2.24) is 5.32 Å². The number of aryl methyl sites for hydroxylation is 1. The minimum atomic E-state index is 0.246. The summed E-state index contributed by atoms with van der Waals surface area (Å²) in [6.45, 7) is 4.39. The summed E-state index contributed by atoms with van der Waals surface area (Å²) in [6.07, 6.45) is 4.75. The Balaban J connectivity index is 1.56. The summed E-state index contributed by atoms with van der Waals surface area (Å²) in [5.41, 5.74) is 0. The van der Waals surface area contributed by atoms with E-state index in [0.29, 0.717) is 23.8 Å². The lowest BCUT2D eigenvalue weighted by molar-refractivity contribution is -0.123. The van der Waals surface area contributed by atoms with Gasteiger partial charge < -0.3 is 5.32 Å². The van der Waals surface area contributed by atoms with Crippen LogP contribution in [-0.4, -0.2) is 11.9 Å². The molecule has 1 heterocycles. The number of thiophene rings is 1. The third-order valence-corrected chi connectivity index (χ3v) is 5.58. The van der Waals surface area contributed by atoms with Crippen LogP contribution in [0.2, 0.25) is 0 Å². The average Bonchev–Trinajstić information content (AvgIpc) is 2.88. The Morgan fingerprint density at radius 2 is 2.22 bits per heavy atom. The van der Waals surface area contributed by atoms with Crippen molar-refractivity contribution in [1.29, 1.82) is 0 Å². The standard InChI is InChI=1S/C15H21NOS/c1-9-4-3-5-13(9)16-15(17)12-8-11(12)14-7-6-10(2)18-14/h6-7,9,11-13H,3-5,8H2,1-2H3,(H,16,17)/t9-,11+,12-,13+/m0/s1. The molecule has 2 aliphatic rings. The van der Waals surface area contributed by atoms with Crippen LogP contribution in [0.15, 0.2) is 12.1 Å². The second kappa shape index (κ2) is 4.69. The van der Waals surface area contributed by atoms with E-state index in [1.807, 2.05) is 11.3 Å². The Morgan fingerprint density at radius 1 is 1.39 bits per heavy atom. The highest BCUT2D eigenvalue weighted by Gasteiger charge is 2.45. The van der Waals surface area contributed by atoms with Crippen LogP contribution in [0.5, 0.6) is 0 Å². The summed E-state index contributed by atoms with van der Waals surface area (Å²) in [5.74, 6) is 1.70. The molecule has 1 aromatic heterocycles. The van der Waals surface area contributed by atoms with Crippen molar-refractivity contribution in [2.45, 2.75) is 51.5 Å². The van der Waals surface area contributed by atoms with Crippen molar-refractivity contribution in [2.24, 2.45) is 11.8 Å². The second-order valence-electron chi connectivity index (χ2n) is 5.92. The monoisotopic (exact) mass is 263 g/mol. The van der Waals surface area contributed by atoms with E-state index in [1.165, 1.54) is 29.0 Å². The topological polar surface area (TPSA) is 29.1 Å². The predicted octanol–water partition coefficient (Wildman–Crippen LogP) is 3.46. The molecule has 2 saturated carbocycles. The number of hydrogen-bond acceptors (Lipinski definition) is 2. The molecule has 0 unspecified atom stereocenters. The molecule has 98 valence electrons. The molecule has 0 radical (unpaired) electrons.